The first-order valence-electron chi connectivity index (χ1n) is 6.91. The van der Waals surface area contributed by atoms with Gasteiger partial charge in [0.15, 0.2) is 0 Å². The number of aryl methyl sites for hydroxylation is 1. The Morgan fingerprint density at radius 3 is 2.42 bits per heavy atom. The Kier molecular flexibility index (Phi) is 4.60. The van der Waals surface area contributed by atoms with E-state index in [-0.39, 0.29) is 0 Å². The summed E-state index contributed by atoms with van der Waals surface area (Å²) in [7, 11) is -3.34. The van der Waals surface area contributed by atoms with Crippen LogP contribution < -0.4 is 5.73 Å². The van der Waals surface area contributed by atoms with Gasteiger partial charge < -0.3 is 5.73 Å². The molecule has 0 aliphatic carbocycles. The molecule has 1 fully saturated rings. The number of hydrogen-bond donors (Lipinski definition) is 1. The van der Waals surface area contributed by atoms with Crippen molar-refractivity contribution in [1.82, 2.24) is 4.31 Å². The van der Waals surface area contributed by atoms with E-state index in [2.05, 4.69) is 0 Å². The fourth-order valence-corrected chi connectivity index (χ4v) is 4.12. The third-order valence-corrected chi connectivity index (χ3v) is 5.63. The second-order valence-corrected chi connectivity index (χ2v) is 6.89. The summed E-state index contributed by atoms with van der Waals surface area (Å²) < 4.78 is 26.7. The minimum Gasteiger partial charge on any atom is -0.326 e. The Balaban J connectivity index is 2.34. The highest BCUT2D eigenvalue weighted by molar-refractivity contribution is 7.89. The summed E-state index contributed by atoms with van der Waals surface area (Å²) in [6.07, 6.45) is 3.90. The molecule has 0 spiro atoms. The molecule has 1 aliphatic rings. The zero-order valence-electron chi connectivity index (χ0n) is 11.4. The van der Waals surface area contributed by atoms with Crippen LogP contribution in [0.25, 0.3) is 0 Å². The van der Waals surface area contributed by atoms with Gasteiger partial charge in [-0.15, -0.1) is 0 Å². The third-order valence-electron chi connectivity index (χ3n) is 3.73. The fourth-order valence-electron chi connectivity index (χ4n) is 2.55. The first kappa shape index (κ1) is 14.5. The van der Waals surface area contributed by atoms with Gasteiger partial charge in [0.05, 0.1) is 4.90 Å². The van der Waals surface area contributed by atoms with E-state index in [4.69, 9.17) is 5.73 Å². The number of nitrogens with zero attached hydrogens (tertiary/aromatic N) is 1. The number of rotatable bonds is 4. The van der Waals surface area contributed by atoms with Crippen LogP contribution in [0.2, 0.25) is 0 Å². The lowest BCUT2D eigenvalue weighted by molar-refractivity contribution is 0.346. The van der Waals surface area contributed by atoms with Gasteiger partial charge in [-0.05, 0) is 42.5 Å². The van der Waals surface area contributed by atoms with Crippen LogP contribution in [0, 0.1) is 0 Å². The summed E-state index contributed by atoms with van der Waals surface area (Å²) in [6.45, 7) is 3.70. The van der Waals surface area contributed by atoms with Crippen molar-refractivity contribution in [2.24, 2.45) is 5.73 Å². The third kappa shape index (κ3) is 2.99. The molecular formula is C14H22N2O2S. The van der Waals surface area contributed by atoms with Gasteiger partial charge in [-0.2, -0.15) is 4.31 Å². The van der Waals surface area contributed by atoms with Gasteiger partial charge in [0, 0.05) is 19.6 Å². The number of nitrogens with two attached hydrogens (primary N) is 1. The largest absolute Gasteiger partial charge is 0.326 e. The number of benzene rings is 1. The predicted octanol–water partition coefficient (Wildman–Crippen LogP) is 1.88. The van der Waals surface area contributed by atoms with Gasteiger partial charge >= 0.3 is 0 Å². The van der Waals surface area contributed by atoms with E-state index < -0.39 is 10.0 Å². The number of hydrogen-bond acceptors (Lipinski definition) is 3. The molecular weight excluding hydrogens is 260 g/mol. The van der Waals surface area contributed by atoms with Gasteiger partial charge in [0.25, 0.3) is 0 Å². The highest BCUT2D eigenvalue weighted by atomic mass is 32.2. The lowest BCUT2D eigenvalue weighted by Crippen LogP contribution is -2.35. The molecule has 1 aliphatic heterocycles. The van der Waals surface area contributed by atoms with E-state index in [9.17, 15) is 8.42 Å². The molecule has 0 aromatic heterocycles. The van der Waals surface area contributed by atoms with Crippen LogP contribution in [0.4, 0.5) is 0 Å². The molecule has 0 radical (unpaired) electrons. The van der Waals surface area contributed by atoms with Crippen LogP contribution in [0.1, 0.15) is 37.3 Å². The maximum atomic E-state index is 12.5. The quantitative estimate of drug-likeness (QED) is 0.917. The van der Waals surface area contributed by atoms with Crippen LogP contribution in [0.5, 0.6) is 0 Å². The Bertz CT molecular complexity index is 534. The molecule has 0 bridgehead atoms. The van der Waals surface area contributed by atoms with Crippen molar-refractivity contribution in [2.45, 2.75) is 44.0 Å². The maximum Gasteiger partial charge on any atom is 0.243 e. The summed E-state index contributed by atoms with van der Waals surface area (Å²) >= 11 is 0. The second-order valence-electron chi connectivity index (χ2n) is 4.95. The van der Waals surface area contributed by atoms with Gasteiger partial charge in [-0.25, -0.2) is 8.42 Å². The summed E-state index contributed by atoms with van der Waals surface area (Å²) in [6, 6.07) is 5.34. The lowest BCUT2D eigenvalue weighted by Gasteiger charge is -2.26. The van der Waals surface area contributed by atoms with Crippen molar-refractivity contribution in [3.8, 4) is 0 Å². The molecule has 1 aromatic rings. The molecule has 1 heterocycles. The van der Waals surface area contributed by atoms with E-state index in [1.54, 1.807) is 16.4 Å². The highest BCUT2D eigenvalue weighted by Crippen LogP contribution is 2.23. The van der Waals surface area contributed by atoms with E-state index in [0.717, 1.165) is 36.8 Å². The van der Waals surface area contributed by atoms with Crippen molar-refractivity contribution < 1.29 is 8.42 Å². The molecule has 0 amide bonds. The molecule has 2 N–H and O–H groups in total. The summed E-state index contributed by atoms with van der Waals surface area (Å²) in [5, 5.41) is 0. The lowest BCUT2D eigenvalue weighted by atomic mass is 10.1. The van der Waals surface area contributed by atoms with Gasteiger partial charge in [-0.3, -0.25) is 0 Å². The Morgan fingerprint density at radius 2 is 1.84 bits per heavy atom. The van der Waals surface area contributed by atoms with Crippen LogP contribution >= 0.6 is 0 Å². The van der Waals surface area contributed by atoms with Crippen LogP contribution in [0.15, 0.2) is 23.1 Å². The average molecular weight is 282 g/mol. The zero-order valence-corrected chi connectivity index (χ0v) is 12.2. The Labute approximate surface area is 115 Å². The van der Waals surface area contributed by atoms with E-state index in [0.29, 0.717) is 24.5 Å². The van der Waals surface area contributed by atoms with Crippen molar-refractivity contribution in [3.05, 3.63) is 29.3 Å². The van der Waals surface area contributed by atoms with Crippen molar-refractivity contribution in [2.75, 3.05) is 13.1 Å². The molecule has 4 nitrogen and oxygen atoms in total. The monoisotopic (exact) mass is 282 g/mol. The standard InChI is InChI=1S/C14H22N2O2S/c1-2-12-6-7-14(10-13(12)11-15)19(17,18)16-8-4-3-5-9-16/h6-7,10H,2-5,8-9,11,15H2,1H3. The minimum atomic E-state index is -3.34. The molecule has 1 saturated heterocycles. The van der Waals surface area contributed by atoms with Crippen molar-refractivity contribution >= 4 is 10.0 Å². The van der Waals surface area contributed by atoms with Crippen LogP contribution in [-0.4, -0.2) is 25.8 Å². The Hall–Kier alpha value is -0.910. The molecule has 0 atom stereocenters. The van der Waals surface area contributed by atoms with Gasteiger partial charge in [0.2, 0.25) is 10.0 Å². The topological polar surface area (TPSA) is 63.4 Å². The van der Waals surface area contributed by atoms with Gasteiger partial charge in [-0.1, -0.05) is 19.4 Å². The normalized spacial score (nSPS) is 17.6. The summed E-state index contributed by atoms with van der Waals surface area (Å²) in [5.74, 6) is 0. The molecule has 0 unspecified atom stereocenters. The summed E-state index contributed by atoms with van der Waals surface area (Å²) in [4.78, 5) is 0.382. The van der Waals surface area contributed by atoms with E-state index in [1.807, 2.05) is 13.0 Å². The zero-order chi connectivity index (χ0) is 13.9. The van der Waals surface area contributed by atoms with E-state index in [1.165, 1.54) is 0 Å². The second kappa shape index (κ2) is 6.03. The SMILES string of the molecule is CCc1ccc(S(=O)(=O)N2CCCCC2)cc1CN. The van der Waals surface area contributed by atoms with Crippen molar-refractivity contribution in [1.29, 1.82) is 0 Å². The van der Waals surface area contributed by atoms with Crippen LogP contribution in [-0.2, 0) is 23.0 Å². The molecule has 5 heteroatoms. The first-order chi connectivity index (χ1) is 9.09. The summed E-state index contributed by atoms with van der Waals surface area (Å²) in [5.41, 5.74) is 7.76. The van der Waals surface area contributed by atoms with Crippen LogP contribution in [0.3, 0.4) is 0 Å². The number of sulfonamides is 1. The highest BCUT2D eigenvalue weighted by Gasteiger charge is 2.26. The Morgan fingerprint density at radius 1 is 1.16 bits per heavy atom. The maximum absolute atomic E-state index is 12.5. The molecule has 2 rings (SSSR count). The predicted molar refractivity (Wildman–Crippen MR) is 76.3 cm³/mol. The average Bonchev–Trinajstić information content (AvgIpc) is 2.47. The minimum absolute atomic E-state index is 0.381. The smallest absolute Gasteiger partial charge is 0.243 e. The first-order valence-corrected chi connectivity index (χ1v) is 8.35. The molecule has 19 heavy (non-hydrogen) atoms. The van der Waals surface area contributed by atoms with E-state index >= 15 is 0 Å². The van der Waals surface area contributed by atoms with Gasteiger partial charge in [0.1, 0.15) is 0 Å². The molecule has 106 valence electrons. The number of piperidine rings is 1. The van der Waals surface area contributed by atoms with Crippen molar-refractivity contribution in [3.63, 3.8) is 0 Å². The fraction of sp³-hybridized carbons (Fsp3) is 0.571. The molecule has 1 aromatic carbocycles. The molecule has 0 saturated carbocycles.